The topological polar surface area (TPSA) is 95.2 Å². The smallest absolute Gasteiger partial charge is 0.261 e. The highest BCUT2D eigenvalue weighted by atomic mass is 16.2. The van der Waals surface area contributed by atoms with Gasteiger partial charge in [-0.15, -0.1) is 0 Å². The van der Waals surface area contributed by atoms with Gasteiger partial charge in [-0.25, -0.2) is 0 Å². The molecule has 0 saturated heterocycles. The third kappa shape index (κ3) is 4.01. The second-order valence-electron chi connectivity index (χ2n) is 9.21. The number of amides is 2. The minimum Gasteiger partial charge on any atom is -0.347 e. The van der Waals surface area contributed by atoms with E-state index in [2.05, 4.69) is 15.3 Å². The van der Waals surface area contributed by atoms with Gasteiger partial charge in [0.05, 0.1) is 5.56 Å². The number of nitrogens with zero attached hydrogens (tertiary/aromatic N) is 2. The number of nitrogens with one attached hydrogen (secondary N) is 2. The molecule has 0 atom stereocenters. The van der Waals surface area contributed by atoms with E-state index in [1.807, 2.05) is 26.8 Å². The maximum Gasteiger partial charge on any atom is 0.261 e. The van der Waals surface area contributed by atoms with Crippen molar-refractivity contribution in [1.29, 1.82) is 0 Å². The Morgan fingerprint density at radius 3 is 2.67 bits per heavy atom. The Bertz CT molecular complexity index is 1070. The van der Waals surface area contributed by atoms with Gasteiger partial charge in [0, 0.05) is 36.7 Å². The van der Waals surface area contributed by atoms with Gasteiger partial charge >= 0.3 is 0 Å². The van der Waals surface area contributed by atoms with E-state index in [1.165, 1.54) is 5.56 Å². The predicted molar refractivity (Wildman–Crippen MR) is 114 cm³/mol. The zero-order valence-electron chi connectivity index (χ0n) is 17.8. The average Bonchev–Trinajstić information content (AvgIpc) is 2.71. The molecule has 0 radical (unpaired) electrons. The highest BCUT2D eigenvalue weighted by Crippen LogP contribution is 2.24. The maximum atomic E-state index is 13.1. The summed E-state index contributed by atoms with van der Waals surface area (Å²) in [7, 11) is 0. The molecule has 3 heterocycles. The number of carbonyl (C=O) groups excluding carboxylic acids is 2. The summed E-state index contributed by atoms with van der Waals surface area (Å²) in [5.41, 5.74) is 3.74. The van der Waals surface area contributed by atoms with Crippen molar-refractivity contribution in [3.63, 3.8) is 0 Å². The molecule has 1 aliphatic carbocycles. The van der Waals surface area contributed by atoms with Crippen LogP contribution >= 0.6 is 0 Å². The van der Waals surface area contributed by atoms with Gasteiger partial charge < -0.3 is 15.2 Å². The summed E-state index contributed by atoms with van der Waals surface area (Å²) in [4.78, 5) is 47.1. The lowest BCUT2D eigenvalue weighted by Crippen LogP contribution is -2.44. The molecule has 0 unspecified atom stereocenters. The number of hydrogen-bond donors (Lipinski definition) is 2. The zero-order valence-corrected chi connectivity index (χ0v) is 17.8. The fourth-order valence-electron chi connectivity index (χ4n) is 4.27. The molecule has 0 spiro atoms. The predicted octanol–water partition coefficient (Wildman–Crippen LogP) is 2.38. The van der Waals surface area contributed by atoms with Crippen molar-refractivity contribution >= 4 is 11.8 Å². The van der Waals surface area contributed by atoms with Crippen molar-refractivity contribution in [1.82, 2.24) is 20.2 Å². The van der Waals surface area contributed by atoms with Gasteiger partial charge in [-0.3, -0.25) is 19.4 Å². The first kappa shape index (κ1) is 20.3. The van der Waals surface area contributed by atoms with E-state index >= 15 is 0 Å². The molecule has 1 aliphatic heterocycles. The van der Waals surface area contributed by atoms with Gasteiger partial charge in [0.2, 0.25) is 0 Å². The lowest BCUT2D eigenvalue weighted by Gasteiger charge is -2.30. The first-order valence-corrected chi connectivity index (χ1v) is 10.6. The zero-order chi connectivity index (χ0) is 21.5. The Balaban J connectivity index is 1.58. The van der Waals surface area contributed by atoms with E-state index in [1.54, 1.807) is 17.3 Å². The highest BCUT2D eigenvalue weighted by molar-refractivity contribution is 5.97. The Kier molecular flexibility index (Phi) is 5.22. The Morgan fingerprint density at radius 2 is 1.90 bits per heavy atom. The lowest BCUT2D eigenvalue weighted by molar-refractivity contribution is 0.0733. The number of pyridine rings is 2. The SMILES string of the molecule is CC(C)(C)NC(=O)c1c2c(c[nH]c1=O)CN(C(=O)c1cnc3c(c1)CCCC3)CC2. The molecule has 2 aromatic heterocycles. The van der Waals surface area contributed by atoms with Gasteiger partial charge in [-0.05, 0) is 75.6 Å². The minimum absolute atomic E-state index is 0.0617. The number of aromatic amines is 1. The first-order valence-electron chi connectivity index (χ1n) is 10.6. The van der Waals surface area contributed by atoms with Crippen molar-refractivity contribution in [2.75, 3.05) is 6.54 Å². The summed E-state index contributed by atoms with van der Waals surface area (Å²) in [5, 5.41) is 2.87. The van der Waals surface area contributed by atoms with Crippen LogP contribution in [0, 0.1) is 0 Å². The number of hydrogen-bond acceptors (Lipinski definition) is 4. The number of fused-ring (bicyclic) bond motifs is 2. The molecule has 158 valence electrons. The van der Waals surface area contributed by atoms with Gasteiger partial charge in [0.15, 0.2) is 0 Å². The van der Waals surface area contributed by atoms with Crippen molar-refractivity contribution < 1.29 is 9.59 Å². The van der Waals surface area contributed by atoms with Crippen LogP contribution in [0.4, 0.5) is 0 Å². The van der Waals surface area contributed by atoms with E-state index in [4.69, 9.17) is 0 Å². The number of carbonyl (C=O) groups is 2. The van der Waals surface area contributed by atoms with E-state index in [0.29, 0.717) is 25.1 Å². The summed E-state index contributed by atoms with van der Waals surface area (Å²) < 4.78 is 0. The molecular formula is C23H28N4O3. The van der Waals surface area contributed by atoms with Crippen molar-refractivity contribution in [3.05, 3.63) is 62.3 Å². The third-order valence-electron chi connectivity index (χ3n) is 5.71. The number of H-pyrrole nitrogens is 1. The van der Waals surface area contributed by atoms with Crippen LogP contribution in [0.15, 0.2) is 23.3 Å². The summed E-state index contributed by atoms with van der Waals surface area (Å²) in [6.07, 6.45) is 8.01. The molecule has 0 fully saturated rings. The molecule has 2 amide bonds. The molecule has 4 rings (SSSR count). The third-order valence-corrected chi connectivity index (χ3v) is 5.71. The molecule has 7 nitrogen and oxygen atoms in total. The normalized spacial score (nSPS) is 15.9. The maximum absolute atomic E-state index is 13.1. The molecule has 7 heteroatoms. The van der Waals surface area contributed by atoms with Gasteiger partial charge in [0.25, 0.3) is 17.4 Å². The van der Waals surface area contributed by atoms with E-state index in [9.17, 15) is 14.4 Å². The highest BCUT2D eigenvalue weighted by Gasteiger charge is 2.29. The standard InChI is InChI=1S/C23H28N4O3/c1-23(2,3)26-21(29)19-17-8-9-27(13-16(17)12-25-20(19)28)22(30)15-10-14-6-4-5-7-18(14)24-11-15/h10-12H,4-9,13H2,1-3H3,(H,25,28)(H,26,29). The minimum atomic E-state index is -0.442. The molecule has 0 saturated carbocycles. The van der Waals surface area contributed by atoms with Crippen molar-refractivity contribution in [2.45, 2.75) is 65.0 Å². The van der Waals surface area contributed by atoms with Crippen LogP contribution in [-0.4, -0.2) is 38.8 Å². The number of aromatic nitrogens is 2. The van der Waals surface area contributed by atoms with Crippen LogP contribution in [0.25, 0.3) is 0 Å². The molecular weight excluding hydrogens is 380 g/mol. The molecule has 2 aromatic rings. The number of aryl methyl sites for hydroxylation is 2. The van der Waals surface area contributed by atoms with Gasteiger partial charge in [0.1, 0.15) is 5.56 Å². The second kappa shape index (κ2) is 7.70. The van der Waals surface area contributed by atoms with Gasteiger partial charge in [-0.2, -0.15) is 0 Å². The summed E-state index contributed by atoms with van der Waals surface area (Å²) in [5.74, 6) is -0.437. The van der Waals surface area contributed by atoms with Crippen LogP contribution < -0.4 is 10.9 Å². The van der Waals surface area contributed by atoms with E-state index in [-0.39, 0.29) is 17.4 Å². The quantitative estimate of drug-likeness (QED) is 0.798. The summed E-state index contributed by atoms with van der Waals surface area (Å²) >= 11 is 0. The van der Waals surface area contributed by atoms with Crippen LogP contribution in [0.3, 0.4) is 0 Å². The lowest BCUT2D eigenvalue weighted by atomic mass is 9.94. The fraction of sp³-hybridized carbons (Fsp3) is 0.478. The summed E-state index contributed by atoms with van der Waals surface area (Å²) in [6.45, 7) is 6.45. The van der Waals surface area contributed by atoms with Gasteiger partial charge in [-0.1, -0.05) is 0 Å². The average molecular weight is 409 g/mol. The molecule has 0 bridgehead atoms. The molecule has 0 aromatic carbocycles. The van der Waals surface area contributed by atoms with E-state index in [0.717, 1.165) is 42.5 Å². The first-order chi connectivity index (χ1) is 14.2. The molecule has 2 N–H and O–H groups in total. The van der Waals surface area contributed by atoms with Crippen LogP contribution in [0.2, 0.25) is 0 Å². The Morgan fingerprint density at radius 1 is 1.13 bits per heavy atom. The fourth-order valence-corrected chi connectivity index (χ4v) is 4.27. The summed E-state index contributed by atoms with van der Waals surface area (Å²) in [6, 6.07) is 1.98. The van der Waals surface area contributed by atoms with E-state index < -0.39 is 11.1 Å². The van der Waals surface area contributed by atoms with Crippen LogP contribution in [0.1, 0.15) is 76.7 Å². The largest absolute Gasteiger partial charge is 0.347 e. The molecule has 30 heavy (non-hydrogen) atoms. The second-order valence-corrected chi connectivity index (χ2v) is 9.21. The van der Waals surface area contributed by atoms with Crippen LogP contribution in [0.5, 0.6) is 0 Å². The Labute approximate surface area is 175 Å². The number of rotatable bonds is 2. The Hall–Kier alpha value is -2.96. The van der Waals surface area contributed by atoms with Crippen LogP contribution in [-0.2, 0) is 25.8 Å². The monoisotopic (exact) mass is 408 g/mol. The molecule has 2 aliphatic rings. The van der Waals surface area contributed by atoms with Crippen molar-refractivity contribution in [3.8, 4) is 0 Å². The van der Waals surface area contributed by atoms with Crippen molar-refractivity contribution in [2.24, 2.45) is 0 Å².